The summed E-state index contributed by atoms with van der Waals surface area (Å²) >= 11 is 0. The van der Waals surface area contributed by atoms with E-state index >= 15 is 0 Å². The second-order valence-corrected chi connectivity index (χ2v) is 7.21. The Hall–Kier alpha value is -3.61. The van der Waals surface area contributed by atoms with Crippen molar-refractivity contribution in [3.8, 4) is 0 Å². The van der Waals surface area contributed by atoms with Crippen molar-refractivity contribution in [1.82, 2.24) is 20.2 Å². The van der Waals surface area contributed by atoms with Crippen molar-refractivity contribution >= 4 is 23.5 Å². The summed E-state index contributed by atoms with van der Waals surface area (Å²) in [5.74, 6) is -0.489. The molecule has 0 amide bonds. The summed E-state index contributed by atoms with van der Waals surface area (Å²) in [6.07, 6.45) is 1.63. The van der Waals surface area contributed by atoms with Gasteiger partial charge in [-0.15, -0.1) is 5.10 Å². The Balaban J connectivity index is 1.86. The van der Waals surface area contributed by atoms with Crippen molar-refractivity contribution in [2.75, 3.05) is 6.61 Å². The van der Waals surface area contributed by atoms with Crippen LogP contribution in [-0.4, -0.2) is 38.6 Å². The van der Waals surface area contributed by atoms with Crippen molar-refractivity contribution in [1.29, 1.82) is 0 Å². The van der Waals surface area contributed by atoms with Gasteiger partial charge in [-0.3, -0.25) is 4.79 Å². The molecule has 154 valence electrons. The van der Waals surface area contributed by atoms with Gasteiger partial charge in [0, 0.05) is 5.56 Å². The highest BCUT2D eigenvalue weighted by Gasteiger charge is 2.21. The first-order chi connectivity index (χ1) is 14.3. The summed E-state index contributed by atoms with van der Waals surface area (Å²) in [4.78, 5) is 25.7. The van der Waals surface area contributed by atoms with Gasteiger partial charge in [-0.25, -0.2) is 4.79 Å². The molecule has 0 aliphatic carbocycles. The van der Waals surface area contributed by atoms with E-state index in [2.05, 4.69) is 15.5 Å². The highest BCUT2D eigenvalue weighted by Crippen LogP contribution is 2.22. The van der Waals surface area contributed by atoms with Gasteiger partial charge >= 0.3 is 5.97 Å². The van der Waals surface area contributed by atoms with Gasteiger partial charge in [0.2, 0.25) is 5.78 Å². The molecule has 0 saturated carbocycles. The zero-order valence-corrected chi connectivity index (χ0v) is 17.8. The van der Waals surface area contributed by atoms with Crippen LogP contribution in [0.5, 0.6) is 0 Å². The topological polar surface area (TPSA) is 87.0 Å². The van der Waals surface area contributed by atoms with Crippen LogP contribution in [0.1, 0.15) is 44.0 Å². The third-order valence-corrected chi connectivity index (χ3v) is 5.14. The van der Waals surface area contributed by atoms with Crippen molar-refractivity contribution in [2.45, 2.75) is 34.6 Å². The Morgan fingerprint density at radius 3 is 2.33 bits per heavy atom. The summed E-state index contributed by atoms with van der Waals surface area (Å²) in [5.41, 5.74) is 5.47. The Morgan fingerprint density at radius 1 is 1.00 bits per heavy atom. The number of aryl methyl sites for hydroxylation is 3. The molecular weight excluding hydrogens is 380 g/mol. The lowest BCUT2D eigenvalue weighted by Gasteiger charge is -2.14. The van der Waals surface area contributed by atoms with Crippen molar-refractivity contribution in [2.24, 2.45) is 0 Å². The molecule has 0 aliphatic rings. The molecule has 0 N–H and O–H groups in total. The van der Waals surface area contributed by atoms with Gasteiger partial charge in [0.05, 0.1) is 0 Å². The van der Waals surface area contributed by atoms with Crippen LogP contribution in [0.4, 0.5) is 0 Å². The number of ether oxygens (including phenoxy) is 1. The largest absolute Gasteiger partial charge is 0.453 e. The van der Waals surface area contributed by atoms with Crippen LogP contribution in [0.15, 0.2) is 36.4 Å². The van der Waals surface area contributed by atoms with Crippen LogP contribution in [0.25, 0.3) is 11.8 Å². The van der Waals surface area contributed by atoms with E-state index in [4.69, 9.17) is 4.74 Å². The molecular formula is C23H24N4O3. The maximum atomic E-state index is 12.9. The number of nitrogens with zero attached hydrogens (tertiary/aromatic N) is 4. The first-order valence-electron chi connectivity index (χ1n) is 9.59. The minimum atomic E-state index is -0.679. The van der Waals surface area contributed by atoms with Crippen LogP contribution in [0.3, 0.4) is 0 Å². The van der Waals surface area contributed by atoms with Crippen LogP contribution in [0, 0.1) is 34.6 Å². The smallest absolute Gasteiger partial charge is 0.357 e. The fraction of sp³-hybridized carbons (Fsp3) is 0.261. The van der Waals surface area contributed by atoms with E-state index in [0.29, 0.717) is 11.4 Å². The molecule has 7 nitrogen and oxygen atoms in total. The van der Waals surface area contributed by atoms with Gasteiger partial charge in [0.15, 0.2) is 18.1 Å². The van der Waals surface area contributed by atoms with Gasteiger partial charge < -0.3 is 4.74 Å². The molecule has 0 aliphatic heterocycles. The average molecular weight is 404 g/mol. The fourth-order valence-electron chi connectivity index (χ4n) is 3.36. The Kier molecular flexibility index (Phi) is 6.20. The second kappa shape index (κ2) is 8.82. The SMILES string of the molecule is Cc1cc(C)c(C(=O)COC(=O)/C(=C/c2ccccc2)n2nnnc2C)c(C)c1C. The van der Waals surface area contributed by atoms with Gasteiger partial charge in [-0.2, -0.15) is 4.68 Å². The highest BCUT2D eigenvalue weighted by molar-refractivity contribution is 6.16. The predicted molar refractivity (Wildman–Crippen MR) is 114 cm³/mol. The molecule has 1 heterocycles. The van der Waals surface area contributed by atoms with Gasteiger partial charge in [0.1, 0.15) is 0 Å². The zero-order valence-electron chi connectivity index (χ0n) is 17.8. The molecule has 0 fully saturated rings. The third kappa shape index (κ3) is 4.35. The molecule has 1 aromatic heterocycles. The lowest BCUT2D eigenvalue weighted by Crippen LogP contribution is -2.20. The van der Waals surface area contributed by atoms with Crippen molar-refractivity contribution in [3.05, 3.63) is 75.6 Å². The minimum absolute atomic E-state index is 0.130. The Bertz CT molecular complexity index is 1130. The van der Waals surface area contributed by atoms with Crippen LogP contribution in [0.2, 0.25) is 0 Å². The quantitative estimate of drug-likeness (QED) is 0.354. The number of benzene rings is 2. The second-order valence-electron chi connectivity index (χ2n) is 7.21. The predicted octanol–water partition coefficient (Wildman–Crippen LogP) is 3.64. The van der Waals surface area contributed by atoms with Gasteiger partial charge in [-0.05, 0) is 78.9 Å². The van der Waals surface area contributed by atoms with Crippen LogP contribution in [-0.2, 0) is 9.53 Å². The van der Waals surface area contributed by atoms with Gasteiger partial charge in [-0.1, -0.05) is 36.4 Å². The maximum absolute atomic E-state index is 12.9. The molecule has 0 spiro atoms. The molecule has 3 aromatic rings. The lowest BCUT2D eigenvalue weighted by molar-refractivity contribution is -0.136. The summed E-state index contributed by atoms with van der Waals surface area (Å²) in [6, 6.07) is 11.3. The maximum Gasteiger partial charge on any atom is 0.357 e. The average Bonchev–Trinajstić information content (AvgIpc) is 3.15. The number of esters is 1. The summed E-state index contributed by atoms with van der Waals surface area (Å²) in [7, 11) is 0. The molecule has 2 aromatic carbocycles. The molecule has 0 atom stereocenters. The fourth-order valence-corrected chi connectivity index (χ4v) is 3.36. The summed E-state index contributed by atoms with van der Waals surface area (Å²) < 4.78 is 6.68. The zero-order chi connectivity index (χ0) is 21.8. The number of hydrogen-bond acceptors (Lipinski definition) is 6. The van der Waals surface area contributed by atoms with E-state index in [9.17, 15) is 9.59 Å². The van der Waals surface area contributed by atoms with Crippen LogP contribution < -0.4 is 0 Å². The van der Waals surface area contributed by atoms with Crippen LogP contribution >= 0.6 is 0 Å². The van der Waals surface area contributed by atoms with E-state index in [-0.39, 0.29) is 18.1 Å². The molecule has 7 heteroatoms. The number of Topliss-reactive ketones (excluding diaryl/α,β-unsaturated/α-hetero) is 1. The monoisotopic (exact) mass is 404 g/mol. The van der Waals surface area contributed by atoms with E-state index in [0.717, 1.165) is 27.8 Å². The number of aromatic nitrogens is 4. The standard InChI is InChI=1S/C23H24N4O3/c1-14-11-15(2)22(17(4)16(14)3)21(28)13-30-23(29)20(27-18(5)24-25-26-27)12-19-9-7-6-8-10-19/h6-12H,13H2,1-5H3/b20-12-. The molecule has 3 rings (SSSR count). The molecule has 30 heavy (non-hydrogen) atoms. The molecule has 0 unspecified atom stereocenters. The summed E-state index contributed by atoms with van der Waals surface area (Å²) in [5, 5.41) is 11.3. The number of hydrogen-bond donors (Lipinski definition) is 0. The van der Waals surface area contributed by atoms with E-state index in [1.165, 1.54) is 4.68 Å². The number of tetrazole rings is 1. The van der Waals surface area contributed by atoms with Crippen molar-refractivity contribution < 1.29 is 14.3 Å². The summed E-state index contributed by atoms with van der Waals surface area (Å²) in [6.45, 7) is 9.11. The first kappa shape index (κ1) is 21.1. The van der Waals surface area contributed by atoms with Crippen molar-refractivity contribution in [3.63, 3.8) is 0 Å². The Morgan fingerprint density at radius 2 is 1.70 bits per heavy atom. The van der Waals surface area contributed by atoms with E-state index in [1.807, 2.05) is 64.1 Å². The third-order valence-electron chi connectivity index (χ3n) is 5.14. The van der Waals surface area contributed by atoms with Gasteiger partial charge in [0.25, 0.3) is 0 Å². The molecule has 0 bridgehead atoms. The van der Waals surface area contributed by atoms with E-state index in [1.54, 1.807) is 13.0 Å². The lowest BCUT2D eigenvalue weighted by atomic mass is 9.92. The first-order valence-corrected chi connectivity index (χ1v) is 9.59. The minimum Gasteiger partial charge on any atom is -0.453 e. The number of carbonyl (C=O) groups is 2. The highest BCUT2D eigenvalue weighted by atomic mass is 16.5. The molecule has 0 radical (unpaired) electrons. The number of ketones is 1. The van der Waals surface area contributed by atoms with E-state index < -0.39 is 5.97 Å². The molecule has 0 saturated heterocycles. The number of carbonyl (C=O) groups excluding carboxylic acids is 2. The Labute approximate surface area is 175 Å². The normalized spacial score (nSPS) is 11.4. The number of rotatable bonds is 6.